The zero-order valence-corrected chi connectivity index (χ0v) is 15.7. The largest absolute Gasteiger partial charge is 0.464 e. The Morgan fingerprint density at radius 3 is 2.44 bits per heavy atom. The van der Waals surface area contributed by atoms with Crippen LogP contribution in [-0.2, 0) is 20.7 Å². The zero-order chi connectivity index (χ0) is 18.2. The molecule has 0 aliphatic heterocycles. The van der Waals surface area contributed by atoms with Gasteiger partial charge in [-0.15, -0.1) is 0 Å². The predicted octanol–water partition coefficient (Wildman–Crippen LogP) is 4.24. The molecule has 0 bridgehead atoms. The van der Waals surface area contributed by atoms with Gasteiger partial charge in [0.25, 0.3) is 0 Å². The van der Waals surface area contributed by atoms with E-state index in [0.29, 0.717) is 18.1 Å². The molecule has 0 saturated carbocycles. The van der Waals surface area contributed by atoms with Gasteiger partial charge >= 0.3 is 5.97 Å². The molecule has 0 aliphatic rings. The van der Waals surface area contributed by atoms with Crippen LogP contribution in [0, 0.1) is 0 Å². The maximum atomic E-state index is 12.0. The fourth-order valence-corrected chi connectivity index (χ4v) is 2.99. The van der Waals surface area contributed by atoms with E-state index in [4.69, 9.17) is 32.9 Å². The van der Waals surface area contributed by atoms with Crippen molar-refractivity contribution in [2.75, 3.05) is 13.7 Å². The van der Waals surface area contributed by atoms with E-state index in [9.17, 15) is 4.79 Å². The number of hydrogen-bond acceptors (Lipinski definition) is 4. The van der Waals surface area contributed by atoms with Gasteiger partial charge in [-0.25, -0.2) is 9.63 Å². The van der Waals surface area contributed by atoms with Gasteiger partial charge in [0.05, 0.1) is 12.6 Å². The van der Waals surface area contributed by atoms with Crippen molar-refractivity contribution in [3.05, 3.63) is 59.1 Å². The van der Waals surface area contributed by atoms with E-state index < -0.39 is 18.1 Å². The van der Waals surface area contributed by atoms with E-state index in [1.165, 1.54) is 7.11 Å². The third-order valence-corrected chi connectivity index (χ3v) is 4.36. The predicted molar refractivity (Wildman–Crippen MR) is 101 cm³/mol. The third-order valence-electron chi connectivity index (χ3n) is 3.85. The van der Waals surface area contributed by atoms with Crippen molar-refractivity contribution in [2.24, 2.45) is 0 Å². The van der Waals surface area contributed by atoms with Crippen molar-refractivity contribution in [2.45, 2.75) is 25.5 Å². The number of nitrogens with one attached hydrogen (secondary N) is 1. The molecule has 2 aromatic carbocycles. The van der Waals surface area contributed by atoms with Gasteiger partial charge < -0.3 is 9.47 Å². The number of carbonyl (C=O) groups is 1. The lowest BCUT2D eigenvalue weighted by molar-refractivity contribution is -0.156. The zero-order valence-electron chi connectivity index (χ0n) is 14.2. The summed E-state index contributed by atoms with van der Waals surface area (Å²) in [5.74, 6) is -0.432. The van der Waals surface area contributed by atoms with Crippen LogP contribution in [0.15, 0.2) is 48.5 Å². The van der Waals surface area contributed by atoms with Gasteiger partial charge in [0.15, 0.2) is 6.10 Å². The van der Waals surface area contributed by atoms with Crippen LogP contribution in [0.3, 0.4) is 0 Å². The number of methoxy groups -OCH3 is 1. The highest BCUT2D eigenvalue weighted by Gasteiger charge is 2.29. The number of hydrogen-bond donors (Lipinski definition) is 1. The number of benzene rings is 2. The normalized spacial score (nSPS) is 13.3. The van der Waals surface area contributed by atoms with Crippen molar-refractivity contribution >= 4 is 29.3 Å². The Labute approximate surface area is 158 Å². The van der Waals surface area contributed by atoms with E-state index in [0.717, 1.165) is 16.7 Å². The summed E-state index contributed by atoms with van der Waals surface area (Å²) in [5.41, 5.74) is 3.14. The molecular formula is C19H21Cl2NO3. The van der Waals surface area contributed by atoms with Gasteiger partial charge in [0, 0.05) is 12.1 Å². The number of carbonyl (C=O) groups excluding carboxylic acids is 1. The molecule has 0 amide bonds. The summed E-state index contributed by atoms with van der Waals surface area (Å²) in [6.45, 7) is 2.05. The topological polar surface area (TPSA) is 47.6 Å². The van der Waals surface area contributed by atoms with Gasteiger partial charge in [-0.3, -0.25) is 0 Å². The smallest absolute Gasteiger partial charge is 0.336 e. The van der Waals surface area contributed by atoms with Gasteiger partial charge in [0.2, 0.25) is 0 Å². The van der Waals surface area contributed by atoms with Gasteiger partial charge in [-0.2, -0.15) is 0 Å². The average Bonchev–Trinajstić information content (AvgIpc) is 2.62. The molecule has 0 spiro atoms. The quantitative estimate of drug-likeness (QED) is 0.548. The van der Waals surface area contributed by atoms with Crippen LogP contribution in [0.2, 0.25) is 5.02 Å². The highest BCUT2D eigenvalue weighted by atomic mass is 35.5. The molecule has 134 valence electrons. The first-order valence-electron chi connectivity index (χ1n) is 7.99. The first-order valence-corrected chi connectivity index (χ1v) is 8.75. The summed E-state index contributed by atoms with van der Waals surface area (Å²) in [6.07, 6.45) is -0.249. The van der Waals surface area contributed by atoms with Crippen molar-refractivity contribution in [3.63, 3.8) is 0 Å². The fourth-order valence-electron chi connectivity index (χ4n) is 2.61. The molecule has 0 aromatic heterocycles. The lowest BCUT2D eigenvalue weighted by Crippen LogP contribution is -2.44. The SMILES string of the molecule is CCOC(=O)[C@@H](OC)[C@@H](Cc1ccc(-c2cccc(Cl)c2)cc1)NCl. The lowest BCUT2D eigenvalue weighted by atomic mass is 9.98. The summed E-state index contributed by atoms with van der Waals surface area (Å²) in [7, 11) is 1.46. The Morgan fingerprint density at radius 1 is 1.16 bits per heavy atom. The minimum Gasteiger partial charge on any atom is -0.464 e. The van der Waals surface area contributed by atoms with Crippen LogP contribution in [0.5, 0.6) is 0 Å². The summed E-state index contributed by atoms with van der Waals surface area (Å²) >= 11 is 11.9. The summed E-state index contributed by atoms with van der Waals surface area (Å²) < 4.78 is 10.3. The Hall–Kier alpha value is -1.59. The van der Waals surface area contributed by atoms with Crippen molar-refractivity contribution in [1.82, 2.24) is 4.84 Å². The molecule has 2 aromatic rings. The first kappa shape index (κ1) is 19.7. The Kier molecular flexibility index (Phi) is 7.72. The summed E-state index contributed by atoms with van der Waals surface area (Å²) in [4.78, 5) is 14.6. The van der Waals surface area contributed by atoms with Crippen molar-refractivity contribution < 1.29 is 14.3 Å². The Morgan fingerprint density at radius 2 is 1.88 bits per heavy atom. The molecule has 25 heavy (non-hydrogen) atoms. The van der Waals surface area contributed by atoms with Crippen LogP contribution in [0.4, 0.5) is 0 Å². The minimum absolute atomic E-state index is 0.294. The molecule has 0 aliphatic carbocycles. The van der Waals surface area contributed by atoms with E-state index in [-0.39, 0.29) is 0 Å². The van der Waals surface area contributed by atoms with Crippen LogP contribution in [0.25, 0.3) is 11.1 Å². The van der Waals surface area contributed by atoms with E-state index >= 15 is 0 Å². The van der Waals surface area contributed by atoms with E-state index in [1.54, 1.807) is 6.92 Å². The van der Waals surface area contributed by atoms with Gasteiger partial charge in [-0.1, -0.05) is 48.0 Å². The average molecular weight is 382 g/mol. The number of halogens is 2. The standard InChI is InChI=1S/C19H21Cl2NO3/c1-3-25-19(23)18(24-2)17(22-21)11-13-7-9-14(10-8-13)15-5-4-6-16(20)12-15/h4-10,12,17-18,22H,3,11H2,1-2H3/t17-,18+/m1/s1. The maximum absolute atomic E-state index is 12.0. The molecule has 0 fully saturated rings. The third kappa shape index (κ3) is 5.44. The second kappa shape index (κ2) is 9.78. The van der Waals surface area contributed by atoms with Gasteiger partial charge in [0.1, 0.15) is 0 Å². The molecule has 0 saturated heterocycles. The molecule has 0 radical (unpaired) electrons. The monoisotopic (exact) mass is 381 g/mol. The molecular weight excluding hydrogens is 361 g/mol. The molecule has 0 unspecified atom stereocenters. The molecule has 1 N–H and O–H groups in total. The van der Waals surface area contributed by atoms with Crippen LogP contribution >= 0.6 is 23.4 Å². The Bertz CT molecular complexity index is 691. The molecule has 0 heterocycles. The number of esters is 1. The van der Waals surface area contributed by atoms with Crippen LogP contribution < -0.4 is 4.84 Å². The van der Waals surface area contributed by atoms with Crippen LogP contribution in [0.1, 0.15) is 12.5 Å². The van der Waals surface area contributed by atoms with E-state index in [2.05, 4.69) is 4.84 Å². The number of rotatable bonds is 8. The van der Waals surface area contributed by atoms with Crippen molar-refractivity contribution in [3.8, 4) is 11.1 Å². The second-order valence-corrected chi connectivity index (χ2v) is 6.19. The van der Waals surface area contributed by atoms with Crippen LogP contribution in [-0.4, -0.2) is 31.8 Å². The molecule has 4 nitrogen and oxygen atoms in total. The molecule has 6 heteroatoms. The molecule has 2 rings (SSSR count). The fraction of sp³-hybridized carbons (Fsp3) is 0.316. The highest BCUT2D eigenvalue weighted by Crippen LogP contribution is 2.23. The highest BCUT2D eigenvalue weighted by molar-refractivity contribution is 6.30. The first-order chi connectivity index (χ1) is 12.1. The summed E-state index contributed by atoms with van der Waals surface area (Å²) in [6, 6.07) is 15.3. The Balaban J connectivity index is 2.11. The summed E-state index contributed by atoms with van der Waals surface area (Å²) in [5, 5.41) is 0.699. The van der Waals surface area contributed by atoms with E-state index in [1.807, 2.05) is 48.5 Å². The van der Waals surface area contributed by atoms with Gasteiger partial charge in [-0.05, 0) is 53.9 Å². The minimum atomic E-state index is -0.773. The molecule has 2 atom stereocenters. The lowest BCUT2D eigenvalue weighted by Gasteiger charge is -2.23. The maximum Gasteiger partial charge on any atom is 0.336 e. The van der Waals surface area contributed by atoms with Crippen molar-refractivity contribution in [1.29, 1.82) is 0 Å². The second-order valence-electron chi connectivity index (χ2n) is 5.54. The number of ether oxygens (including phenoxy) is 2.